The van der Waals surface area contributed by atoms with Crippen LogP contribution in [0.2, 0.25) is 0 Å². The molecule has 2 N–H and O–H groups in total. The van der Waals surface area contributed by atoms with E-state index in [1.165, 1.54) is 12.1 Å². The van der Waals surface area contributed by atoms with E-state index in [4.69, 9.17) is 10.5 Å². The molecule has 0 spiro atoms. The van der Waals surface area contributed by atoms with Crippen molar-refractivity contribution in [2.75, 3.05) is 6.61 Å². The zero-order valence-electron chi connectivity index (χ0n) is 9.77. The molecule has 1 aromatic carbocycles. The van der Waals surface area contributed by atoms with Gasteiger partial charge >= 0.3 is 0 Å². The van der Waals surface area contributed by atoms with E-state index in [1.807, 2.05) is 0 Å². The molecule has 4 heteroatoms. The fourth-order valence-electron chi connectivity index (χ4n) is 2.10. The van der Waals surface area contributed by atoms with Crippen molar-refractivity contribution in [3.8, 4) is 5.75 Å². The van der Waals surface area contributed by atoms with Crippen LogP contribution in [0.5, 0.6) is 5.75 Å². The van der Waals surface area contributed by atoms with Crippen LogP contribution in [0.1, 0.15) is 25.7 Å². The number of benzene rings is 1. The van der Waals surface area contributed by atoms with Gasteiger partial charge in [-0.1, -0.05) is 0 Å². The first-order valence-electron chi connectivity index (χ1n) is 5.88. The molecule has 1 aromatic rings. The maximum absolute atomic E-state index is 12.7. The van der Waals surface area contributed by atoms with Gasteiger partial charge in [0.15, 0.2) is 0 Å². The first-order valence-corrected chi connectivity index (χ1v) is 5.88. The van der Waals surface area contributed by atoms with Crippen LogP contribution in [0.3, 0.4) is 0 Å². The number of hydrogen-bond acceptors (Lipinski definition) is 2. The molecule has 0 bridgehead atoms. The smallest absolute Gasteiger partial charge is 0.123 e. The van der Waals surface area contributed by atoms with Crippen LogP contribution in [0.15, 0.2) is 24.3 Å². The lowest BCUT2D eigenvalue weighted by atomic mass is 9.87. The second-order valence-corrected chi connectivity index (χ2v) is 4.55. The van der Waals surface area contributed by atoms with Crippen molar-refractivity contribution in [1.29, 1.82) is 0 Å². The highest BCUT2D eigenvalue weighted by molar-refractivity contribution is 5.85. The van der Waals surface area contributed by atoms with E-state index < -0.39 is 0 Å². The summed E-state index contributed by atoms with van der Waals surface area (Å²) in [7, 11) is 0. The summed E-state index contributed by atoms with van der Waals surface area (Å²) in [5.74, 6) is 1.12. The highest BCUT2D eigenvalue weighted by Crippen LogP contribution is 2.24. The van der Waals surface area contributed by atoms with Gasteiger partial charge in [-0.05, 0) is 55.9 Å². The quantitative estimate of drug-likeness (QED) is 0.905. The molecule has 1 fully saturated rings. The summed E-state index contributed by atoms with van der Waals surface area (Å²) in [6.45, 7) is 0.721. The van der Waals surface area contributed by atoms with E-state index in [2.05, 4.69) is 0 Å². The van der Waals surface area contributed by atoms with Gasteiger partial charge in [-0.15, -0.1) is 12.4 Å². The number of rotatable bonds is 3. The van der Waals surface area contributed by atoms with E-state index >= 15 is 0 Å². The Hall–Kier alpha value is -0.800. The topological polar surface area (TPSA) is 35.2 Å². The molecular formula is C13H19ClFNO. The van der Waals surface area contributed by atoms with Crippen LogP contribution < -0.4 is 10.5 Å². The van der Waals surface area contributed by atoms with E-state index in [-0.39, 0.29) is 18.2 Å². The monoisotopic (exact) mass is 259 g/mol. The second kappa shape index (κ2) is 6.82. The van der Waals surface area contributed by atoms with Gasteiger partial charge < -0.3 is 10.5 Å². The lowest BCUT2D eigenvalue weighted by molar-refractivity contribution is 0.200. The predicted molar refractivity (Wildman–Crippen MR) is 69.1 cm³/mol. The first-order chi connectivity index (χ1) is 7.74. The van der Waals surface area contributed by atoms with Crippen molar-refractivity contribution in [1.82, 2.24) is 0 Å². The summed E-state index contributed by atoms with van der Waals surface area (Å²) >= 11 is 0. The normalized spacial score (nSPS) is 23.9. The van der Waals surface area contributed by atoms with Crippen LogP contribution in [0, 0.1) is 11.7 Å². The Bertz CT molecular complexity index is 323. The van der Waals surface area contributed by atoms with E-state index in [9.17, 15) is 4.39 Å². The molecule has 0 atom stereocenters. The molecule has 0 unspecified atom stereocenters. The zero-order chi connectivity index (χ0) is 11.4. The second-order valence-electron chi connectivity index (χ2n) is 4.55. The average molecular weight is 260 g/mol. The molecule has 0 aromatic heterocycles. The van der Waals surface area contributed by atoms with Crippen molar-refractivity contribution < 1.29 is 9.13 Å². The van der Waals surface area contributed by atoms with Gasteiger partial charge in [0, 0.05) is 6.04 Å². The Kier molecular flexibility index (Phi) is 5.72. The average Bonchev–Trinajstić information content (AvgIpc) is 2.30. The van der Waals surface area contributed by atoms with Gasteiger partial charge in [-0.25, -0.2) is 4.39 Å². The van der Waals surface area contributed by atoms with Crippen molar-refractivity contribution in [2.24, 2.45) is 11.7 Å². The third-order valence-corrected chi connectivity index (χ3v) is 3.19. The van der Waals surface area contributed by atoms with Crippen LogP contribution in [-0.2, 0) is 0 Å². The molecule has 1 aliphatic carbocycles. The molecule has 17 heavy (non-hydrogen) atoms. The van der Waals surface area contributed by atoms with Gasteiger partial charge in [0.1, 0.15) is 11.6 Å². The van der Waals surface area contributed by atoms with E-state index in [0.29, 0.717) is 12.0 Å². The third kappa shape index (κ3) is 4.52. The fraction of sp³-hybridized carbons (Fsp3) is 0.538. The van der Waals surface area contributed by atoms with Crippen LogP contribution in [0.4, 0.5) is 4.39 Å². The molecule has 0 amide bonds. The maximum Gasteiger partial charge on any atom is 0.123 e. The van der Waals surface area contributed by atoms with E-state index in [1.54, 1.807) is 12.1 Å². The summed E-state index contributed by atoms with van der Waals surface area (Å²) < 4.78 is 18.3. The summed E-state index contributed by atoms with van der Waals surface area (Å²) in [5.41, 5.74) is 5.84. The van der Waals surface area contributed by atoms with Crippen molar-refractivity contribution in [3.05, 3.63) is 30.1 Å². The summed E-state index contributed by atoms with van der Waals surface area (Å²) in [4.78, 5) is 0. The zero-order valence-corrected chi connectivity index (χ0v) is 10.6. The van der Waals surface area contributed by atoms with Crippen molar-refractivity contribution in [2.45, 2.75) is 31.7 Å². The third-order valence-electron chi connectivity index (χ3n) is 3.19. The molecule has 0 radical (unpaired) electrons. The lowest BCUT2D eigenvalue weighted by Gasteiger charge is -2.25. The molecule has 2 rings (SSSR count). The van der Waals surface area contributed by atoms with E-state index in [0.717, 1.165) is 38.0 Å². The summed E-state index contributed by atoms with van der Waals surface area (Å²) in [6.07, 6.45) is 4.47. The minimum atomic E-state index is -0.226. The Morgan fingerprint density at radius 1 is 1.12 bits per heavy atom. The minimum absolute atomic E-state index is 0. The van der Waals surface area contributed by atoms with Gasteiger partial charge in [0.2, 0.25) is 0 Å². The van der Waals surface area contributed by atoms with Gasteiger partial charge in [-0.3, -0.25) is 0 Å². The Balaban J connectivity index is 0.00000144. The Morgan fingerprint density at radius 3 is 2.29 bits per heavy atom. The molecule has 0 heterocycles. The summed E-state index contributed by atoms with van der Waals surface area (Å²) in [5, 5.41) is 0. The SMILES string of the molecule is Cl.NC1CCC(COc2ccc(F)cc2)CC1. The molecule has 2 nitrogen and oxygen atoms in total. The molecule has 1 aliphatic rings. The highest BCUT2D eigenvalue weighted by Gasteiger charge is 2.18. The summed E-state index contributed by atoms with van der Waals surface area (Å²) in [6, 6.07) is 6.56. The molecule has 0 saturated heterocycles. The number of halogens is 2. The lowest BCUT2D eigenvalue weighted by Crippen LogP contribution is -2.28. The standard InChI is InChI=1S/C13H18FNO.ClH/c14-11-3-7-13(8-4-11)16-9-10-1-5-12(15)6-2-10;/h3-4,7-8,10,12H,1-2,5-6,9,15H2;1H. The first kappa shape index (κ1) is 14.3. The Morgan fingerprint density at radius 2 is 1.71 bits per heavy atom. The van der Waals surface area contributed by atoms with Gasteiger partial charge in [0.05, 0.1) is 6.61 Å². The number of ether oxygens (including phenoxy) is 1. The van der Waals surface area contributed by atoms with Crippen molar-refractivity contribution in [3.63, 3.8) is 0 Å². The minimum Gasteiger partial charge on any atom is -0.493 e. The predicted octanol–water partition coefficient (Wildman–Crippen LogP) is 3.14. The van der Waals surface area contributed by atoms with Crippen LogP contribution in [-0.4, -0.2) is 12.6 Å². The Labute approximate surface area is 108 Å². The fourth-order valence-corrected chi connectivity index (χ4v) is 2.10. The molecular weight excluding hydrogens is 241 g/mol. The maximum atomic E-state index is 12.7. The molecule has 0 aliphatic heterocycles. The number of hydrogen-bond donors (Lipinski definition) is 1. The van der Waals surface area contributed by atoms with Gasteiger partial charge in [-0.2, -0.15) is 0 Å². The van der Waals surface area contributed by atoms with Gasteiger partial charge in [0.25, 0.3) is 0 Å². The molecule has 1 saturated carbocycles. The highest BCUT2D eigenvalue weighted by atomic mass is 35.5. The van der Waals surface area contributed by atoms with Crippen molar-refractivity contribution >= 4 is 12.4 Å². The van der Waals surface area contributed by atoms with Crippen LogP contribution in [0.25, 0.3) is 0 Å². The number of nitrogens with two attached hydrogens (primary N) is 1. The molecule has 96 valence electrons. The van der Waals surface area contributed by atoms with Crippen LogP contribution >= 0.6 is 12.4 Å². The largest absolute Gasteiger partial charge is 0.493 e.